The van der Waals surface area contributed by atoms with E-state index in [1.54, 1.807) is 12.1 Å². The Labute approximate surface area is 155 Å². The van der Waals surface area contributed by atoms with Crippen LogP contribution in [0.2, 0.25) is 0 Å². The fourth-order valence-electron chi connectivity index (χ4n) is 3.09. The predicted molar refractivity (Wildman–Crippen MR) is 103 cm³/mol. The summed E-state index contributed by atoms with van der Waals surface area (Å²) < 4.78 is 1.88. The molecule has 0 saturated heterocycles. The van der Waals surface area contributed by atoms with Gasteiger partial charge in [-0.05, 0) is 36.2 Å². The average molecular weight is 358 g/mol. The fraction of sp³-hybridized carbons (Fsp3) is 0.100. The molecule has 0 atom stereocenters. The van der Waals surface area contributed by atoms with Crippen LogP contribution in [0.25, 0.3) is 17.0 Å². The number of hydrogen-bond acceptors (Lipinski definition) is 5. The molecule has 0 aliphatic rings. The quantitative estimate of drug-likeness (QED) is 0.572. The summed E-state index contributed by atoms with van der Waals surface area (Å²) in [5, 5.41) is 3.21. The topological polar surface area (TPSA) is 98.2 Å². The Morgan fingerprint density at radius 2 is 1.96 bits per heavy atom. The van der Waals surface area contributed by atoms with E-state index in [-0.39, 0.29) is 0 Å². The summed E-state index contributed by atoms with van der Waals surface area (Å²) in [7, 11) is 0. The maximum atomic E-state index is 11.7. The van der Waals surface area contributed by atoms with Crippen molar-refractivity contribution >= 4 is 17.4 Å². The molecule has 1 amide bonds. The molecule has 3 aromatic heterocycles. The zero-order valence-electron chi connectivity index (χ0n) is 14.8. The van der Waals surface area contributed by atoms with Crippen LogP contribution in [0.3, 0.4) is 0 Å². The first-order valence-electron chi connectivity index (χ1n) is 8.51. The van der Waals surface area contributed by atoms with Crippen LogP contribution < -0.4 is 11.1 Å². The molecular formula is C20H18N6O. The summed E-state index contributed by atoms with van der Waals surface area (Å²) >= 11 is 0. The lowest BCUT2D eigenvalue weighted by molar-refractivity contribution is 0.100. The standard InChI is InChI=1S/C20H18N6O/c1-13-10-16-15(18(21)27)8-5-9-26(16)17(13)19-23-12-24-20(25-19)22-11-14-6-3-2-4-7-14/h2-10,12H,11H2,1H3,(H2,21,27)(H,22,23,24,25). The molecule has 3 N–H and O–H groups in total. The van der Waals surface area contributed by atoms with Gasteiger partial charge in [-0.2, -0.15) is 4.98 Å². The van der Waals surface area contributed by atoms with Gasteiger partial charge in [0.25, 0.3) is 5.91 Å². The van der Waals surface area contributed by atoms with Crippen molar-refractivity contribution in [3.05, 3.63) is 77.7 Å². The van der Waals surface area contributed by atoms with Crippen molar-refractivity contribution in [1.82, 2.24) is 19.4 Å². The molecule has 4 aromatic rings. The molecule has 134 valence electrons. The van der Waals surface area contributed by atoms with Gasteiger partial charge in [0.1, 0.15) is 6.33 Å². The second-order valence-electron chi connectivity index (χ2n) is 6.19. The van der Waals surface area contributed by atoms with Gasteiger partial charge >= 0.3 is 0 Å². The summed E-state index contributed by atoms with van der Waals surface area (Å²) in [6, 6.07) is 15.4. The summed E-state index contributed by atoms with van der Waals surface area (Å²) in [6.45, 7) is 2.57. The highest BCUT2D eigenvalue weighted by Crippen LogP contribution is 2.26. The SMILES string of the molecule is Cc1cc2c(C(N)=O)cccn2c1-c1ncnc(NCc2ccccc2)n1. The van der Waals surface area contributed by atoms with Crippen LogP contribution in [0.4, 0.5) is 5.95 Å². The minimum atomic E-state index is -0.467. The third kappa shape index (κ3) is 3.22. The Balaban J connectivity index is 1.71. The van der Waals surface area contributed by atoms with Crippen molar-refractivity contribution in [2.24, 2.45) is 5.73 Å². The van der Waals surface area contributed by atoms with Crippen molar-refractivity contribution in [1.29, 1.82) is 0 Å². The Bertz CT molecular complexity index is 1120. The lowest BCUT2D eigenvalue weighted by Gasteiger charge is -2.08. The molecule has 0 radical (unpaired) electrons. The zero-order valence-corrected chi connectivity index (χ0v) is 14.8. The average Bonchev–Trinajstić information content (AvgIpc) is 3.03. The van der Waals surface area contributed by atoms with Gasteiger partial charge in [-0.15, -0.1) is 0 Å². The lowest BCUT2D eigenvalue weighted by Crippen LogP contribution is -2.12. The molecular weight excluding hydrogens is 340 g/mol. The maximum Gasteiger partial charge on any atom is 0.250 e. The summed E-state index contributed by atoms with van der Waals surface area (Å²) in [5.41, 5.74) is 9.57. The van der Waals surface area contributed by atoms with Gasteiger partial charge < -0.3 is 15.5 Å². The predicted octanol–water partition coefficient (Wildman–Crippen LogP) is 2.81. The van der Waals surface area contributed by atoms with Gasteiger partial charge in [0.15, 0.2) is 5.82 Å². The second kappa shape index (κ2) is 6.87. The molecule has 1 aromatic carbocycles. The molecule has 4 rings (SSSR count). The third-order valence-corrected chi connectivity index (χ3v) is 4.34. The number of aryl methyl sites for hydroxylation is 1. The van der Waals surface area contributed by atoms with Gasteiger partial charge in [0, 0.05) is 12.7 Å². The van der Waals surface area contributed by atoms with E-state index < -0.39 is 5.91 Å². The molecule has 0 saturated carbocycles. The number of pyridine rings is 1. The van der Waals surface area contributed by atoms with Gasteiger partial charge in [0.2, 0.25) is 5.95 Å². The van der Waals surface area contributed by atoms with Crippen molar-refractivity contribution in [3.8, 4) is 11.5 Å². The zero-order chi connectivity index (χ0) is 18.8. The number of amides is 1. The molecule has 3 heterocycles. The smallest absolute Gasteiger partial charge is 0.250 e. The Morgan fingerprint density at radius 1 is 1.15 bits per heavy atom. The van der Waals surface area contributed by atoms with E-state index in [2.05, 4.69) is 20.3 Å². The van der Waals surface area contributed by atoms with Crippen LogP contribution in [-0.4, -0.2) is 25.3 Å². The molecule has 0 aliphatic heterocycles. The van der Waals surface area contributed by atoms with Crippen molar-refractivity contribution in [3.63, 3.8) is 0 Å². The molecule has 7 heteroatoms. The first kappa shape index (κ1) is 16.7. The number of carbonyl (C=O) groups is 1. The van der Waals surface area contributed by atoms with E-state index in [0.717, 1.165) is 22.3 Å². The first-order valence-corrected chi connectivity index (χ1v) is 8.51. The second-order valence-corrected chi connectivity index (χ2v) is 6.19. The minimum absolute atomic E-state index is 0.461. The molecule has 0 spiro atoms. The van der Waals surface area contributed by atoms with E-state index in [9.17, 15) is 4.79 Å². The van der Waals surface area contributed by atoms with Crippen LogP contribution in [0.5, 0.6) is 0 Å². The van der Waals surface area contributed by atoms with Gasteiger partial charge in [-0.1, -0.05) is 30.3 Å². The van der Waals surface area contributed by atoms with E-state index in [4.69, 9.17) is 5.73 Å². The van der Waals surface area contributed by atoms with E-state index in [1.165, 1.54) is 6.33 Å². The van der Waals surface area contributed by atoms with Crippen LogP contribution in [0.15, 0.2) is 61.1 Å². The number of aromatic nitrogens is 4. The highest BCUT2D eigenvalue weighted by atomic mass is 16.1. The summed E-state index contributed by atoms with van der Waals surface area (Å²) in [5.74, 6) is 0.550. The third-order valence-electron chi connectivity index (χ3n) is 4.34. The first-order chi connectivity index (χ1) is 13.1. The molecule has 0 bridgehead atoms. The van der Waals surface area contributed by atoms with Gasteiger partial charge in [0.05, 0.1) is 16.8 Å². The number of hydrogen-bond donors (Lipinski definition) is 2. The summed E-state index contributed by atoms with van der Waals surface area (Å²) in [6.07, 6.45) is 3.34. The Hall–Kier alpha value is -3.74. The van der Waals surface area contributed by atoms with Gasteiger partial charge in [-0.25, -0.2) is 9.97 Å². The van der Waals surface area contributed by atoms with Crippen molar-refractivity contribution < 1.29 is 4.79 Å². The monoisotopic (exact) mass is 358 g/mol. The minimum Gasteiger partial charge on any atom is -0.366 e. The maximum absolute atomic E-state index is 11.7. The number of carbonyl (C=O) groups excluding carboxylic acids is 1. The highest BCUT2D eigenvalue weighted by molar-refractivity contribution is 6.00. The van der Waals surface area contributed by atoms with Crippen LogP contribution in [0, 0.1) is 6.92 Å². The van der Waals surface area contributed by atoms with E-state index in [1.807, 2.05) is 53.9 Å². The lowest BCUT2D eigenvalue weighted by atomic mass is 10.2. The van der Waals surface area contributed by atoms with Crippen molar-refractivity contribution in [2.75, 3.05) is 5.32 Å². The Morgan fingerprint density at radius 3 is 2.74 bits per heavy atom. The number of nitrogens with zero attached hydrogens (tertiary/aromatic N) is 4. The summed E-state index contributed by atoms with van der Waals surface area (Å²) in [4.78, 5) is 24.8. The van der Waals surface area contributed by atoms with Crippen LogP contribution >= 0.6 is 0 Å². The largest absolute Gasteiger partial charge is 0.366 e. The number of rotatable bonds is 5. The number of nitrogens with one attached hydrogen (secondary N) is 1. The molecule has 0 aliphatic carbocycles. The number of nitrogens with two attached hydrogens (primary N) is 1. The van der Waals surface area contributed by atoms with Crippen molar-refractivity contribution in [2.45, 2.75) is 13.5 Å². The molecule has 0 unspecified atom stereocenters. The van der Waals surface area contributed by atoms with Crippen LogP contribution in [0.1, 0.15) is 21.5 Å². The number of benzene rings is 1. The molecule has 7 nitrogen and oxygen atoms in total. The molecule has 0 fully saturated rings. The number of anilines is 1. The Kier molecular flexibility index (Phi) is 4.25. The highest BCUT2D eigenvalue weighted by Gasteiger charge is 2.16. The normalized spacial score (nSPS) is 10.9. The van der Waals surface area contributed by atoms with Crippen LogP contribution in [-0.2, 0) is 6.54 Å². The number of fused-ring (bicyclic) bond motifs is 1. The fourth-order valence-corrected chi connectivity index (χ4v) is 3.09. The molecule has 27 heavy (non-hydrogen) atoms. The number of primary amides is 1. The van der Waals surface area contributed by atoms with Gasteiger partial charge in [-0.3, -0.25) is 4.79 Å². The van der Waals surface area contributed by atoms with E-state index in [0.29, 0.717) is 23.9 Å². The van der Waals surface area contributed by atoms with E-state index >= 15 is 0 Å².